The molecule has 1 aromatic rings. The Hall–Kier alpha value is -1.97. The van der Waals surface area contributed by atoms with Gasteiger partial charge in [0, 0.05) is 12.1 Å². The Labute approximate surface area is 113 Å². The van der Waals surface area contributed by atoms with Gasteiger partial charge in [0.25, 0.3) is 0 Å². The predicted molar refractivity (Wildman–Crippen MR) is 79.0 cm³/mol. The summed E-state index contributed by atoms with van der Waals surface area (Å²) in [6, 6.07) is 5.07. The molecule has 0 unspecified atom stereocenters. The van der Waals surface area contributed by atoms with E-state index >= 15 is 0 Å². The second kappa shape index (κ2) is 6.27. The highest BCUT2D eigenvalue weighted by Gasteiger charge is 2.06. The smallest absolute Gasteiger partial charge is 0.248 e. The Morgan fingerprint density at radius 1 is 1.32 bits per heavy atom. The lowest BCUT2D eigenvalue weighted by molar-refractivity contribution is 0.100. The molecule has 0 radical (unpaired) electrons. The summed E-state index contributed by atoms with van der Waals surface area (Å²) in [7, 11) is 0. The number of nitrogen functional groups attached to an aromatic ring is 1. The van der Waals surface area contributed by atoms with Crippen LogP contribution in [0.3, 0.4) is 0 Å². The summed E-state index contributed by atoms with van der Waals surface area (Å²) in [6.45, 7) is 0.832. The van der Waals surface area contributed by atoms with Gasteiger partial charge in [-0.3, -0.25) is 4.79 Å². The highest BCUT2D eigenvalue weighted by Crippen LogP contribution is 2.22. The topological polar surface area (TPSA) is 81.1 Å². The maximum atomic E-state index is 11.1. The molecule has 19 heavy (non-hydrogen) atoms. The van der Waals surface area contributed by atoms with Crippen molar-refractivity contribution in [1.82, 2.24) is 0 Å². The van der Waals surface area contributed by atoms with E-state index < -0.39 is 5.91 Å². The van der Waals surface area contributed by atoms with Crippen LogP contribution >= 0.6 is 0 Å². The van der Waals surface area contributed by atoms with Gasteiger partial charge in [0.1, 0.15) is 0 Å². The minimum absolute atomic E-state index is 0.432. The van der Waals surface area contributed by atoms with Gasteiger partial charge in [-0.25, -0.2) is 0 Å². The molecular weight excluding hydrogens is 238 g/mol. The summed E-state index contributed by atoms with van der Waals surface area (Å²) in [4.78, 5) is 11.1. The van der Waals surface area contributed by atoms with E-state index in [1.165, 1.54) is 31.3 Å². The lowest BCUT2D eigenvalue weighted by Gasteiger charge is -2.14. The number of nitrogens with one attached hydrogen (secondary N) is 1. The van der Waals surface area contributed by atoms with E-state index in [2.05, 4.69) is 11.4 Å². The summed E-state index contributed by atoms with van der Waals surface area (Å²) in [5.74, 6) is -0.432. The third-order valence-electron chi connectivity index (χ3n) is 3.48. The van der Waals surface area contributed by atoms with Gasteiger partial charge in [-0.05, 0) is 50.3 Å². The van der Waals surface area contributed by atoms with Crippen LogP contribution in [-0.2, 0) is 0 Å². The Bertz CT molecular complexity index is 494. The maximum absolute atomic E-state index is 11.1. The number of allylic oxidation sites excluding steroid dienone is 1. The second-order valence-electron chi connectivity index (χ2n) is 4.95. The number of hydrogen-bond acceptors (Lipinski definition) is 3. The average Bonchev–Trinajstić information content (AvgIpc) is 2.42. The van der Waals surface area contributed by atoms with Crippen molar-refractivity contribution in [3.8, 4) is 0 Å². The third kappa shape index (κ3) is 3.74. The summed E-state index contributed by atoms with van der Waals surface area (Å²) >= 11 is 0. The van der Waals surface area contributed by atoms with E-state index in [4.69, 9.17) is 11.5 Å². The molecule has 2 rings (SSSR count). The molecule has 0 bridgehead atoms. The molecular formula is C15H21N3O. The van der Waals surface area contributed by atoms with E-state index in [1.807, 2.05) is 0 Å². The molecule has 1 aliphatic carbocycles. The minimum atomic E-state index is -0.432. The summed E-state index contributed by atoms with van der Waals surface area (Å²) in [6.07, 6.45) is 8.39. The van der Waals surface area contributed by atoms with Crippen LogP contribution in [-0.4, -0.2) is 12.5 Å². The molecule has 1 aliphatic rings. The molecule has 0 spiro atoms. The molecule has 0 saturated carbocycles. The first-order chi connectivity index (χ1) is 9.16. The first-order valence-electron chi connectivity index (χ1n) is 6.78. The van der Waals surface area contributed by atoms with Crippen LogP contribution in [0.4, 0.5) is 11.4 Å². The number of carbonyl (C=O) groups is 1. The van der Waals surface area contributed by atoms with Crippen molar-refractivity contribution in [3.63, 3.8) is 0 Å². The van der Waals surface area contributed by atoms with Crippen molar-refractivity contribution in [2.24, 2.45) is 5.73 Å². The van der Waals surface area contributed by atoms with Gasteiger partial charge in [0.05, 0.1) is 11.4 Å². The van der Waals surface area contributed by atoms with Crippen molar-refractivity contribution in [3.05, 3.63) is 35.4 Å². The van der Waals surface area contributed by atoms with Gasteiger partial charge in [-0.1, -0.05) is 11.6 Å². The molecule has 0 aromatic heterocycles. The van der Waals surface area contributed by atoms with E-state index in [0.717, 1.165) is 18.7 Å². The average molecular weight is 259 g/mol. The van der Waals surface area contributed by atoms with Gasteiger partial charge >= 0.3 is 0 Å². The molecule has 4 heteroatoms. The molecule has 1 aromatic carbocycles. The van der Waals surface area contributed by atoms with Gasteiger partial charge in [-0.15, -0.1) is 0 Å². The number of rotatable bonds is 5. The number of primary amides is 1. The zero-order chi connectivity index (χ0) is 13.7. The normalized spacial score (nSPS) is 14.8. The van der Waals surface area contributed by atoms with E-state index in [1.54, 1.807) is 18.2 Å². The fourth-order valence-corrected chi connectivity index (χ4v) is 2.35. The van der Waals surface area contributed by atoms with Crippen LogP contribution < -0.4 is 16.8 Å². The fraction of sp³-hybridized carbons (Fsp3) is 0.400. The van der Waals surface area contributed by atoms with Crippen LogP contribution in [0.5, 0.6) is 0 Å². The Morgan fingerprint density at radius 2 is 2.16 bits per heavy atom. The number of carbonyl (C=O) groups excluding carboxylic acids is 1. The molecule has 0 heterocycles. The van der Waals surface area contributed by atoms with Gasteiger partial charge in [0.2, 0.25) is 5.91 Å². The highest BCUT2D eigenvalue weighted by atomic mass is 16.1. The standard InChI is InChI=1S/C15H21N3O/c16-13-7-6-12(15(17)19)10-14(13)18-9-8-11-4-2-1-3-5-11/h4,6-7,10,18H,1-3,5,8-9,16H2,(H2,17,19). The van der Waals surface area contributed by atoms with Crippen LogP contribution in [0.2, 0.25) is 0 Å². The van der Waals surface area contributed by atoms with Crippen molar-refractivity contribution in [1.29, 1.82) is 0 Å². The van der Waals surface area contributed by atoms with Crippen LogP contribution in [0.1, 0.15) is 42.5 Å². The lowest BCUT2D eigenvalue weighted by Crippen LogP contribution is -2.12. The Kier molecular flexibility index (Phi) is 4.44. The number of anilines is 2. The Balaban J connectivity index is 1.93. The maximum Gasteiger partial charge on any atom is 0.248 e. The highest BCUT2D eigenvalue weighted by molar-refractivity contribution is 5.94. The van der Waals surface area contributed by atoms with E-state index in [9.17, 15) is 4.79 Å². The summed E-state index contributed by atoms with van der Waals surface area (Å²) in [5.41, 5.74) is 14.6. The third-order valence-corrected chi connectivity index (χ3v) is 3.48. The Morgan fingerprint density at radius 3 is 2.84 bits per heavy atom. The lowest BCUT2D eigenvalue weighted by atomic mass is 9.97. The zero-order valence-electron chi connectivity index (χ0n) is 11.1. The van der Waals surface area contributed by atoms with Crippen LogP contribution in [0.25, 0.3) is 0 Å². The second-order valence-corrected chi connectivity index (χ2v) is 4.95. The first-order valence-corrected chi connectivity index (χ1v) is 6.78. The quantitative estimate of drug-likeness (QED) is 0.561. The first kappa shape index (κ1) is 13.5. The molecule has 5 N–H and O–H groups in total. The molecule has 0 fully saturated rings. The monoisotopic (exact) mass is 259 g/mol. The van der Waals surface area contributed by atoms with E-state index in [0.29, 0.717) is 11.3 Å². The number of nitrogens with two attached hydrogens (primary N) is 2. The number of benzene rings is 1. The van der Waals surface area contributed by atoms with E-state index in [-0.39, 0.29) is 0 Å². The van der Waals surface area contributed by atoms with Gasteiger partial charge < -0.3 is 16.8 Å². The number of amides is 1. The van der Waals surface area contributed by atoms with Crippen LogP contribution in [0, 0.1) is 0 Å². The van der Waals surface area contributed by atoms with Crippen molar-refractivity contribution in [2.45, 2.75) is 32.1 Å². The van der Waals surface area contributed by atoms with Crippen molar-refractivity contribution in [2.75, 3.05) is 17.6 Å². The minimum Gasteiger partial charge on any atom is -0.397 e. The molecule has 1 amide bonds. The molecule has 0 aliphatic heterocycles. The molecule has 4 nitrogen and oxygen atoms in total. The molecule has 0 atom stereocenters. The fourth-order valence-electron chi connectivity index (χ4n) is 2.35. The number of hydrogen-bond donors (Lipinski definition) is 3. The van der Waals surface area contributed by atoms with Gasteiger partial charge in [-0.2, -0.15) is 0 Å². The van der Waals surface area contributed by atoms with Crippen molar-refractivity contribution < 1.29 is 4.79 Å². The largest absolute Gasteiger partial charge is 0.397 e. The van der Waals surface area contributed by atoms with Crippen molar-refractivity contribution >= 4 is 17.3 Å². The zero-order valence-corrected chi connectivity index (χ0v) is 11.1. The van der Waals surface area contributed by atoms with Crippen LogP contribution in [0.15, 0.2) is 29.8 Å². The van der Waals surface area contributed by atoms with Gasteiger partial charge in [0.15, 0.2) is 0 Å². The SMILES string of the molecule is NC(=O)c1ccc(N)c(NCCC2=CCCCC2)c1. The summed E-state index contributed by atoms with van der Waals surface area (Å²) in [5, 5.41) is 3.28. The molecule has 102 valence electrons. The summed E-state index contributed by atoms with van der Waals surface area (Å²) < 4.78 is 0. The molecule has 0 saturated heterocycles. The predicted octanol–water partition coefficient (Wildman–Crippen LogP) is 2.67.